The van der Waals surface area contributed by atoms with Crippen LogP contribution in [0.4, 0.5) is 17.6 Å². The van der Waals surface area contributed by atoms with Gasteiger partial charge in [0.05, 0.1) is 0 Å². The largest absolute Gasteiger partial charge is 0.457 e. The number of carbonyl (C=O) groups excluding carboxylic acids is 1. The molecule has 0 fully saturated rings. The number of halogens is 6. The lowest BCUT2D eigenvalue weighted by Crippen LogP contribution is -2.05. The second-order valence-electron chi connectivity index (χ2n) is 13.1. The first-order valence-corrected chi connectivity index (χ1v) is 19.2. The van der Waals surface area contributed by atoms with E-state index in [1.165, 1.54) is 0 Å². The summed E-state index contributed by atoms with van der Waals surface area (Å²) in [5.74, 6) is -3.05. The van der Waals surface area contributed by atoms with Crippen LogP contribution in [-0.2, 0) is 17.6 Å². The third kappa shape index (κ3) is 13.2. The first kappa shape index (κ1) is 43.5. The van der Waals surface area contributed by atoms with Crippen LogP contribution in [0.15, 0.2) is 181 Å². The highest BCUT2D eigenvalue weighted by Gasteiger charge is 2.23. The molecular formula is C48H40Cl2F4O4. The fraction of sp³-hybridized carbons (Fsp3) is 0.146. The van der Waals surface area contributed by atoms with Gasteiger partial charge in [-0.1, -0.05) is 108 Å². The van der Waals surface area contributed by atoms with Gasteiger partial charge in [-0.15, -0.1) is 0 Å². The zero-order valence-corrected chi connectivity index (χ0v) is 32.7. The van der Waals surface area contributed by atoms with E-state index in [0.29, 0.717) is 61.6 Å². The molecule has 10 heteroatoms. The van der Waals surface area contributed by atoms with Gasteiger partial charge in [0, 0.05) is 47.8 Å². The van der Waals surface area contributed by atoms with Gasteiger partial charge in [0.25, 0.3) is 0 Å². The number of benzene rings is 6. The second kappa shape index (κ2) is 22.3. The van der Waals surface area contributed by atoms with Crippen molar-refractivity contribution in [3.05, 3.63) is 213 Å². The first-order chi connectivity index (χ1) is 28.1. The number of rotatable bonds is 16. The Morgan fingerprint density at radius 3 is 1.34 bits per heavy atom. The lowest BCUT2D eigenvalue weighted by molar-refractivity contribution is -0.108. The van der Waals surface area contributed by atoms with Crippen LogP contribution in [0, 0.1) is 0 Å². The Bertz CT molecular complexity index is 2270. The van der Waals surface area contributed by atoms with Gasteiger partial charge in [0.2, 0.25) is 0 Å². The number of aliphatic hydroxyl groups excluding tert-OH is 1. The molecule has 58 heavy (non-hydrogen) atoms. The van der Waals surface area contributed by atoms with Crippen LogP contribution in [0.5, 0.6) is 23.0 Å². The van der Waals surface area contributed by atoms with E-state index >= 15 is 0 Å². The molecule has 0 aliphatic rings. The summed E-state index contributed by atoms with van der Waals surface area (Å²) in [7, 11) is 0. The molecule has 6 rings (SSSR count). The zero-order valence-electron chi connectivity index (χ0n) is 31.2. The maximum absolute atomic E-state index is 14.9. The van der Waals surface area contributed by atoms with Crippen molar-refractivity contribution < 1.29 is 36.9 Å². The normalized spacial score (nSPS) is 12.9. The molecule has 0 bridgehead atoms. The smallest absolute Gasteiger partial charge is 0.139 e. The van der Waals surface area contributed by atoms with Crippen molar-refractivity contribution in [1.82, 2.24) is 0 Å². The molecule has 0 saturated carbocycles. The van der Waals surface area contributed by atoms with Crippen LogP contribution in [0.1, 0.15) is 46.9 Å². The predicted molar refractivity (Wildman–Crippen MR) is 223 cm³/mol. The zero-order chi connectivity index (χ0) is 41.3. The number of para-hydroxylation sites is 2. The van der Waals surface area contributed by atoms with Gasteiger partial charge in [-0.05, 0) is 101 Å². The van der Waals surface area contributed by atoms with Crippen molar-refractivity contribution in [1.29, 1.82) is 0 Å². The lowest BCUT2D eigenvalue weighted by Gasteiger charge is -2.16. The van der Waals surface area contributed by atoms with Gasteiger partial charge in [0.15, 0.2) is 0 Å². The summed E-state index contributed by atoms with van der Waals surface area (Å²) >= 11 is 11.7. The van der Waals surface area contributed by atoms with E-state index < -0.39 is 35.1 Å². The fourth-order valence-electron chi connectivity index (χ4n) is 6.03. The van der Waals surface area contributed by atoms with E-state index in [1.54, 1.807) is 97.1 Å². The number of aldehydes is 1. The third-order valence-corrected chi connectivity index (χ3v) is 9.40. The van der Waals surface area contributed by atoms with E-state index in [9.17, 15) is 27.5 Å². The van der Waals surface area contributed by atoms with Crippen LogP contribution < -0.4 is 9.47 Å². The molecule has 0 saturated heterocycles. The standard InChI is InChI=1S/C24H21ClF2O2.C24H19ClF2O2/c2*25-19-11-9-18(10-12-19)22(13-14-28)24(27)23(26)16-17-5-4-8-21(15-17)29-20-6-2-1-3-7-20/h1-12,15,22,28H,13-14,16H2;1-12,14-15,22H,13,16H2/b2*24-23+. The highest BCUT2D eigenvalue weighted by atomic mass is 35.5. The molecule has 4 nitrogen and oxygen atoms in total. The maximum atomic E-state index is 14.9. The summed E-state index contributed by atoms with van der Waals surface area (Å²) in [6.45, 7) is -0.256. The summed E-state index contributed by atoms with van der Waals surface area (Å²) in [5.41, 5.74) is 2.21. The van der Waals surface area contributed by atoms with Crippen molar-refractivity contribution in [2.75, 3.05) is 6.61 Å². The number of allylic oxidation sites excluding steroid dienone is 4. The Morgan fingerprint density at radius 1 is 0.534 bits per heavy atom. The molecule has 6 aromatic rings. The summed E-state index contributed by atoms with van der Waals surface area (Å²) in [5, 5.41) is 10.3. The van der Waals surface area contributed by atoms with Crippen LogP contribution in [0.2, 0.25) is 10.0 Å². The van der Waals surface area contributed by atoms with E-state index in [0.717, 1.165) is 0 Å². The monoisotopic (exact) mass is 826 g/mol. The Kier molecular flexibility index (Phi) is 16.7. The van der Waals surface area contributed by atoms with Crippen LogP contribution in [0.25, 0.3) is 0 Å². The van der Waals surface area contributed by atoms with Crippen LogP contribution in [0.3, 0.4) is 0 Å². The summed E-state index contributed by atoms with van der Waals surface area (Å²) in [4.78, 5) is 11.0. The molecule has 2 unspecified atom stereocenters. The quantitative estimate of drug-likeness (QED) is 0.0780. The minimum Gasteiger partial charge on any atom is -0.457 e. The fourth-order valence-corrected chi connectivity index (χ4v) is 6.29. The predicted octanol–water partition coefficient (Wildman–Crippen LogP) is 14.2. The van der Waals surface area contributed by atoms with E-state index in [1.807, 2.05) is 60.7 Å². The molecule has 0 aliphatic heterocycles. The van der Waals surface area contributed by atoms with Crippen LogP contribution in [-0.4, -0.2) is 18.0 Å². The Balaban J connectivity index is 0.000000221. The van der Waals surface area contributed by atoms with Crippen molar-refractivity contribution in [3.8, 4) is 23.0 Å². The van der Waals surface area contributed by atoms with Gasteiger partial charge >= 0.3 is 0 Å². The summed E-state index contributed by atoms with van der Waals surface area (Å²) < 4.78 is 70.7. The van der Waals surface area contributed by atoms with Crippen molar-refractivity contribution in [2.24, 2.45) is 0 Å². The molecule has 0 amide bonds. The molecule has 0 radical (unpaired) electrons. The highest BCUT2D eigenvalue weighted by Crippen LogP contribution is 2.35. The molecule has 2 atom stereocenters. The minimum absolute atomic E-state index is 0.0814. The first-order valence-electron chi connectivity index (χ1n) is 18.4. The number of aliphatic hydroxyl groups is 1. The van der Waals surface area contributed by atoms with Gasteiger partial charge in [-0.25, -0.2) is 17.6 Å². The average Bonchev–Trinajstić information content (AvgIpc) is 3.23. The van der Waals surface area contributed by atoms with E-state index in [-0.39, 0.29) is 32.3 Å². The van der Waals surface area contributed by atoms with Gasteiger partial charge < -0.3 is 19.4 Å². The molecule has 0 spiro atoms. The number of carbonyl (C=O) groups is 1. The summed E-state index contributed by atoms with van der Waals surface area (Å²) in [6.07, 6.45) is 0.0741. The highest BCUT2D eigenvalue weighted by molar-refractivity contribution is 6.30. The van der Waals surface area contributed by atoms with Gasteiger partial charge in [0.1, 0.15) is 52.6 Å². The average molecular weight is 828 g/mol. The van der Waals surface area contributed by atoms with E-state index in [4.69, 9.17) is 32.7 Å². The van der Waals surface area contributed by atoms with Crippen molar-refractivity contribution >= 4 is 29.5 Å². The molecule has 0 aliphatic carbocycles. The molecule has 6 aromatic carbocycles. The van der Waals surface area contributed by atoms with Crippen molar-refractivity contribution in [3.63, 3.8) is 0 Å². The maximum Gasteiger partial charge on any atom is 0.139 e. The third-order valence-electron chi connectivity index (χ3n) is 8.90. The Hall–Kier alpha value is -5.67. The van der Waals surface area contributed by atoms with Crippen molar-refractivity contribution in [2.45, 2.75) is 37.5 Å². The SMILES string of the molecule is O=CCC(/C(F)=C(\F)Cc1cccc(Oc2ccccc2)c1)c1ccc(Cl)cc1.OCCC(/C(F)=C(\F)Cc1cccc(Oc2ccccc2)c1)c1ccc(Cl)cc1. The molecular weight excluding hydrogens is 787 g/mol. The second-order valence-corrected chi connectivity index (χ2v) is 14.0. The van der Waals surface area contributed by atoms with Gasteiger partial charge in [-0.3, -0.25) is 0 Å². The summed E-state index contributed by atoms with van der Waals surface area (Å²) in [6, 6.07) is 45.0. The van der Waals surface area contributed by atoms with Gasteiger partial charge in [-0.2, -0.15) is 0 Å². The molecule has 0 heterocycles. The lowest BCUT2D eigenvalue weighted by atomic mass is 9.93. The molecule has 298 valence electrons. The molecule has 1 N–H and O–H groups in total. The van der Waals surface area contributed by atoms with Crippen LogP contribution >= 0.6 is 23.2 Å². The Morgan fingerprint density at radius 2 is 0.931 bits per heavy atom. The molecule has 0 aromatic heterocycles. The number of hydrogen-bond acceptors (Lipinski definition) is 4. The van der Waals surface area contributed by atoms with E-state index in [2.05, 4.69) is 0 Å². The minimum atomic E-state index is -0.978. The topological polar surface area (TPSA) is 55.8 Å². The number of ether oxygens (including phenoxy) is 2. The number of hydrogen-bond donors (Lipinski definition) is 1. The Labute approximate surface area is 345 Å².